The van der Waals surface area contributed by atoms with Crippen LogP contribution in [0, 0.1) is 13.8 Å². The number of aromatic nitrogens is 1. The fourth-order valence-electron chi connectivity index (χ4n) is 1.92. The van der Waals surface area contributed by atoms with E-state index >= 15 is 0 Å². The van der Waals surface area contributed by atoms with Crippen LogP contribution in [-0.4, -0.2) is 13.4 Å². The summed E-state index contributed by atoms with van der Waals surface area (Å²) in [5.41, 5.74) is 8.19. The molecule has 0 aliphatic rings. The molecule has 0 aliphatic carbocycles. The molecule has 0 fully saturated rings. The number of rotatable bonds is 5. The molecule has 0 unspecified atom stereocenters. The van der Waals surface area contributed by atoms with Crippen molar-refractivity contribution in [3.63, 3.8) is 0 Å². The smallest absolute Gasteiger partial charge is 0.242 e. The Hall–Kier alpha value is -1.28. The number of nitrogens with two attached hydrogens (primary N) is 1. The van der Waals surface area contributed by atoms with Crippen molar-refractivity contribution < 1.29 is 8.42 Å². The molecule has 20 heavy (non-hydrogen) atoms. The molecule has 0 saturated carbocycles. The highest BCUT2D eigenvalue weighted by molar-refractivity contribution is 7.89. The molecule has 7 heteroatoms. The zero-order chi connectivity index (χ0) is 14.8. The Morgan fingerprint density at radius 3 is 2.75 bits per heavy atom. The van der Waals surface area contributed by atoms with E-state index in [9.17, 15) is 8.42 Å². The van der Waals surface area contributed by atoms with Crippen molar-refractivity contribution in [1.82, 2.24) is 9.71 Å². The molecule has 0 aliphatic heterocycles. The number of aryl methyl sites for hydroxylation is 2. The van der Waals surface area contributed by atoms with Gasteiger partial charge in [-0.25, -0.2) is 13.1 Å². The summed E-state index contributed by atoms with van der Waals surface area (Å²) in [6.45, 7) is 4.15. The molecule has 0 aromatic carbocycles. The molecule has 0 saturated heterocycles. The minimum absolute atomic E-state index is 0.223. The van der Waals surface area contributed by atoms with Gasteiger partial charge in [0.25, 0.3) is 0 Å². The van der Waals surface area contributed by atoms with Gasteiger partial charge < -0.3 is 5.73 Å². The topological polar surface area (TPSA) is 85.1 Å². The molecule has 2 rings (SSSR count). The van der Waals surface area contributed by atoms with Crippen LogP contribution in [-0.2, 0) is 23.1 Å². The lowest BCUT2D eigenvalue weighted by Gasteiger charge is -2.09. The summed E-state index contributed by atoms with van der Waals surface area (Å²) in [6, 6.07) is 1.85. The van der Waals surface area contributed by atoms with Crippen LogP contribution >= 0.6 is 11.3 Å². The summed E-state index contributed by atoms with van der Waals surface area (Å²) in [5.74, 6) is 0. The number of thiophene rings is 1. The maximum Gasteiger partial charge on any atom is 0.242 e. The number of nitrogens with one attached hydrogen (secondary N) is 1. The third kappa shape index (κ3) is 3.06. The van der Waals surface area contributed by atoms with Crippen LogP contribution in [0.5, 0.6) is 0 Å². The van der Waals surface area contributed by atoms with Crippen LogP contribution < -0.4 is 10.5 Å². The van der Waals surface area contributed by atoms with Crippen molar-refractivity contribution in [2.75, 3.05) is 0 Å². The molecule has 3 N–H and O–H groups in total. The molecule has 2 heterocycles. The fraction of sp³-hybridized carbons (Fsp3) is 0.308. The molecule has 5 nitrogen and oxygen atoms in total. The quantitative estimate of drug-likeness (QED) is 0.880. The Balaban J connectivity index is 2.24. The van der Waals surface area contributed by atoms with Crippen LogP contribution in [0.1, 0.15) is 21.6 Å². The van der Waals surface area contributed by atoms with Gasteiger partial charge in [0.05, 0.1) is 0 Å². The van der Waals surface area contributed by atoms with E-state index in [1.54, 1.807) is 19.3 Å². The van der Waals surface area contributed by atoms with Crippen molar-refractivity contribution in [1.29, 1.82) is 0 Å². The van der Waals surface area contributed by atoms with Gasteiger partial charge in [-0.2, -0.15) is 0 Å². The van der Waals surface area contributed by atoms with Crippen LogP contribution in [0.15, 0.2) is 28.7 Å². The normalized spacial score (nSPS) is 11.8. The van der Waals surface area contributed by atoms with E-state index in [0.717, 1.165) is 16.7 Å². The minimum Gasteiger partial charge on any atom is -0.326 e. The molecular formula is C13H17N3O2S2. The van der Waals surface area contributed by atoms with Crippen molar-refractivity contribution in [3.8, 4) is 0 Å². The van der Waals surface area contributed by atoms with Gasteiger partial charge in [0.15, 0.2) is 0 Å². The largest absolute Gasteiger partial charge is 0.326 e. The van der Waals surface area contributed by atoms with Gasteiger partial charge in [0.1, 0.15) is 4.90 Å². The van der Waals surface area contributed by atoms with Crippen LogP contribution in [0.3, 0.4) is 0 Å². The van der Waals surface area contributed by atoms with Crippen molar-refractivity contribution in [3.05, 3.63) is 45.4 Å². The molecule has 108 valence electrons. The predicted octanol–water partition coefficient (Wildman–Crippen LogP) is 1.70. The van der Waals surface area contributed by atoms with Gasteiger partial charge in [-0.3, -0.25) is 4.98 Å². The summed E-state index contributed by atoms with van der Waals surface area (Å²) in [7, 11) is -3.55. The molecule has 0 atom stereocenters. The zero-order valence-corrected chi connectivity index (χ0v) is 13.0. The maximum atomic E-state index is 12.4. The number of nitrogens with zero attached hydrogens (tertiary/aromatic N) is 1. The van der Waals surface area contributed by atoms with E-state index in [1.807, 2.05) is 18.4 Å². The third-order valence-corrected chi connectivity index (χ3v) is 5.93. The number of hydrogen-bond acceptors (Lipinski definition) is 5. The lowest BCUT2D eigenvalue weighted by atomic mass is 10.2. The number of pyridine rings is 1. The first-order valence-electron chi connectivity index (χ1n) is 6.12. The Labute approximate surface area is 122 Å². The standard InChI is InChI=1S/C13H17N3O2S2/c1-9-3-4-15-6-11(9)7-16-20(17,18)13-10(2)8-19-12(13)5-14/h3-4,6,8,16H,5,7,14H2,1-2H3. The number of hydrogen-bond donors (Lipinski definition) is 2. The van der Waals surface area contributed by atoms with Gasteiger partial charge in [0.2, 0.25) is 10.0 Å². The van der Waals surface area contributed by atoms with Gasteiger partial charge >= 0.3 is 0 Å². The van der Waals surface area contributed by atoms with E-state index in [2.05, 4.69) is 9.71 Å². The second-order valence-electron chi connectivity index (χ2n) is 4.50. The molecule has 0 spiro atoms. The van der Waals surface area contributed by atoms with Gasteiger partial charge in [0, 0.05) is 30.4 Å². The third-order valence-electron chi connectivity index (χ3n) is 3.04. The SMILES string of the molecule is Cc1ccncc1CNS(=O)(=O)c1c(C)csc1CN. The molecular weight excluding hydrogens is 294 g/mol. The Bertz CT molecular complexity index is 708. The van der Waals surface area contributed by atoms with Gasteiger partial charge in [-0.1, -0.05) is 0 Å². The van der Waals surface area contributed by atoms with Gasteiger partial charge in [-0.05, 0) is 42.0 Å². The highest BCUT2D eigenvalue weighted by Crippen LogP contribution is 2.26. The summed E-state index contributed by atoms with van der Waals surface area (Å²) in [4.78, 5) is 5.00. The molecule has 2 aromatic heterocycles. The molecule has 0 amide bonds. The summed E-state index contributed by atoms with van der Waals surface area (Å²) in [5, 5.41) is 1.81. The van der Waals surface area contributed by atoms with Gasteiger partial charge in [-0.15, -0.1) is 11.3 Å². The molecule has 2 aromatic rings. The Morgan fingerprint density at radius 1 is 1.35 bits per heavy atom. The average Bonchev–Trinajstić information content (AvgIpc) is 2.80. The second-order valence-corrected chi connectivity index (χ2v) is 7.17. The maximum absolute atomic E-state index is 12.4. The van der Waals surface area contributed by atoms with Crippen molar-refractivity contribution >= 4 is 21.4 Å². The summed E-state index contributed by atoms with van der Waals surface area (Å²) < 4.78 is 27.4. The second kappa shape index (κ2) is 6.01. The Kier molecular flexibility index (Phi) is 4.54. The van der Waals surface area contributed by atoms with E-state index in [0.29, 0.717) is 9.77 Å². The first-order chi connectivity index (χ1) is 9.45. The highest BCUT2D eigenvalue weighted by Gasteiger charge is 2.22. The predicted molar refractivity (Wildman–Crippen MR) is 79.9 cm³/mol. The first-order valence-corrected chi connectivity index (χ1v) is 8.48. The monoisotopic (exact) mass is 311 g/mol. The van der Waals surface area contributed by atoms with E-state index < -0.39 is 10.0 Å². The van der Waals surface area contributed by atoms with Crippen molar-refractivity contribution in [2.45, 2.75) is 31.8 Å². The summed E-state index contributed by atoms with van der Waals surface area (Å²) >= 11 is 1.37. The highest BCUT2D eigenvalue weighted by atomic mass is 32.2. The number of sulfonamides is 1. The molecule has 0 bridgehead atoms. The fourth-order valence-corrected chi connectivity index (χ4v) is 4.62. The minimum atomic E-state index is -3.55. The van der Waals surface area contributed by atoms with Crippen LogP contribution in [0.2, 0.25) is 0 Å². The Morgan fingerprint density at radius 2 is 2.10 bits per heavy atom. The first kappa shape index (κ1) is 15.1. The zero-order valence-electron chi connectivity index (χ0n) is 11.4. The lowest BCUT2D eigenvalue weighted by Crippen LogP contribution is -2.25. The average molecular weight is 311 g/mol. The molecule has 0 radical (unpaired) electrons. The van der Waals surface area contributed by atoms with E-state index in [4.69, 9.17) is 5.73 Å². The van der Waals surface area contributed by atoms with Crippen LogP contribution in [0.25, 0.3) is 0 Å². The summed E-state index contributed by atoms with van der Waals surface area (Å²) in [6.07, 6.45) is 3.35. The van der Waals surface area contributed by atoms with Crippen LogP contribution in [0.4, 0.5) is 0 Å². The van der Waals surface area contributed by atoms with E-state index in [1.165, 1.54) is 11.3 Å². The van der Waals surface area contributed by atoms with E-state index in [-0.39, 0.29) is 13.1 Å². The van der Waals surface area contributed by atoms with Crippen molar-refractivity contribution in [2.24, 2.45) is 5.73 Å². The lowest BCUT2D eigenvalue weighted by molar-refractivity contribution is 0.580.